The minimum atomic E-state index is -0.586. The molecule has 2 rings (SSSR count). The van der Waals surface area contributed by atoms with Crippen LogP contribution in [0.3, 0.4) is 0 Å². The number of thiophene rings is 1. The Kier molecular flexibility index (Phi) is 6.77. The van der Waals surface area contributed by atoms with Crippen LogP contribution in [0.4, 0.5) is 0 Å². The fraction of sp³-hybridized carbons (Fsp3) is 0.263. The Balaban J connectivity index is 1.85. The third-order valence-corrected chi connectivity index (χ3v) is 4.38. The molecule has 132 valence electrons. The number of likely N-dealkylation sites (N-methyl/N-ethyl adjacent to an activating group) is 1. The monoisotopic (exact) mass is 358 g/mol. The van der Waals surface area contributed by atoms with Crippen LogP contribution >= 0.6 is 11.3 Å². The quantitative estimate of drug-likeness (QED) is 0.774. The van der Waals surface area contributed by atoms with Gasteiger partial charge in [0.25, 0.3) is 0 Å². The maximum absolute atomic E-state index is 12.3. The molecule has 0 aliphatic heterocycles. The molecular formula is C19H22N2O3S. The van der Waals surface area contributed by atoms with E-state index in [2.05, 4.69) is 5.32 Å². The molecule has 0 aliphatic carbocycles. The Labute approximate surface area is 151 Å². The van der Waals surface area contributed by atoms with E-state index in [0.717, 1.165) is 16.9 Å². The first-order valence-corrected chi connectivity index (χ1v) is 8.82. The lowest BCUT2D eigenvalue weighted by molar-refractivity contribution is -0.134. The van der Waals surface area contributed by atoms with Crippen molar-refractivity contribution in [2.24, 2.45) is 0 Å². The van der Waals surface area contributed by atoms with Gasteiger partial charge in [-0.1, -0.05) is 12.1 Å². The molecule has 0 bridgehead atoms. The van der Waals surface area contributed by atoms with Crippen LogP contribution < -0.4 is 10.1 Å². The smallest absolute Gasteiger partial charge is 0.244 e. The van der Waals surface area contributed by atoms with Gasteiger partial charge in [0.05, 0.1) is 7.11 Å². The van der Waals surface area contributed by atoms with E-state index in [9.17, 15) is 9.59 Å². The van der Waals surface area contributed by atoms with E-state index in [1.165, 1.54) is 6.08 Å². The summed E-state index contributed by atoms with van der Waals surface area (Å²) in [6.07, 6.45) is 3.12. The molecule has 1 heterocycles. The van der Waals surface area contributed by atoms with Crippen LogP contribution in [0.25, 0.3) is 6.08 Å². The molecule has 2 amide bonds. The fourth-order valence-corrected chi connectivity index (χ4v) is 2.93. The Morgan fingerprint density at radius 3 is 2.60 bits per heavy atom. The molecule has 1 unspecified atom stereocenters. The van der Waals surface area contributed by atoms with Gasteiger partial charge in [0.2, 0.25) is 11.8 Å². The first-order valence-electron chi connectivity index (χ1n) is 7.88. The topological polar surface area (TPSA) is 58.6 Å². The predicted octanol–water partition coefficient (Wildman–Crippen LogP) is 2.93. The van der Waals surface area contributed by atoms with E-state index >= 15 is 0 Å². The van der Waals surface area contributed by atoms with Gasteiger partial charge in [-0.05, 0) is 53.1 Å². The average Bonchev–Trinajstić information content (AvgIpc) is 3.12. The fourth-order valence-electron chi connectivity index (χ4n) is 2.28. The molecule has 25 heavy (non-hydrogen) atoms. The van der Waals surface area contributed by atoms with Gasteiger partial charge in [-0.3, -0.25) is 9.59 Å². The number of benzene rings is 1. The Morgan fingerprint density at radius 2 is 2.00 bits per heavy atom. The normalized spacial score (nSPS) is 12.0. The molecule has 1 aromatic heterocycles. The highest BCUT2D eigenvalue weighted by molar-refractivity contribution is 7.07. The molecule has 0 radical (unpaired) electrons. The molecule has 6 heteroatoms. The minimum absolute atomic E-state index is 0.127. The van der Waals surface area contributed by atoms with E-state index in [1.807, 2.05) is 41.1 Å². The van der Waals surface area contributed by atoms with Gasteiger partial charge in [-0.15, -0.1) is 0 Å². The summed E-state index contributed by atoms with van der Waals surface area (Å²) in [6, 6.07) is 8.75. The summed E-state index contributed by atoms with van der Waals surface area (Å²) in [7, 11) is 3.34. The molecule has 2 aromatic rings. The van der Waals surface area contributed by atoms with Gasteiger partial charge in [0, 0.05) is 19.7 Å². The standard InChI is InChI=1S/C19H22N2O3S/c1-14(19(23)21(2)12-16-10-11-25-13-16)20-18(22)9-6-15-4-7-17(24-3)8-5-15/h4-11,13-14H,12H2,1-3H3,(H,20,22)/b9-6+. The molecule has 1 aromatic carbocycles. The second-order valence-corrected chi connectivity index (χ2v) is 6.44. The van der Waals surface area contributed by atoms with Crippen molar-refractivity contribution in [1.29, 1.82) is 0 Å². The van der Waals surface area contributed by atoms with Gasteiger partial charge in [-0.25, -0.2) is 0 Å². The number of amides is 2. The van der Waals surface area contributed by atoms with Crippen molar-refractivity contribution in [3.8, 4) is 5.75 Å². The van der Waals surface area contributed by atoms with Crippen LogP contribution in [-0.2, 0) is 16.1 Å². The molecule has 0 spiro atoms. The van der Waals surface area contributed by atoms with Crippen molar-refractivity contribution in [2.45, 2.75) is 19.5 Å². The molecule has 5 nitrogen and oxygen atoms in total. The first-order chi connectivity index (χ1) is 12.0. The van der Waals surface area contributed by atoms with Crippen molar-refractivity contribution >= 4 is 29.2 Å². The molecular weight excluding hydrogens is 336 g/mol. The number of carbonyl (C=O) groups is 2. The molecule has 0 fully saturated rings. The van der Waals surface area contributed by atoms with Gasteiger partial charge in [0.15, 0.2) is 0 Å². The van der Waals surface area contributed by atoms with Crippen LogP contribution in [0.2, 0.25) is 0 Å². The number of methoxy groups -OCH3 is 1. The summed E-state index contributed by atoms with van der Waals surface area (Å²) in [6.45, 7) is 2.22. The van der Waals surface area contributed by atoms with Crippen LogP contribution in [0, 0.1) is 0 Å². The van der Waals surface area contributed by atoms with Crippen molar-refractivity contribution in [1.82, 2.24) is 10.2 Å². The third-order valence-electron chi connectivity index (χ3n) is 3.65. The number of rotatable bonds is 7. The highest BCUT2D eigenvalue weighted by Crippen LogP contribution is 2.12. The number of hydrogen-bond acceptors (Lipinski definition) is 4. The lowest BCUT2D eigenvalue weighted by atomic mass is 10.2. The second-order valence-electron chi connectivity index (χ2n) is 5.66. The zero-order valence-corrected chi connectivity index (χ0v) is 15.4. The molecule has 1 N–H and O–H groups in total. The third kappa shape index (κ3) is 5.76. The summed E-state index contributed by atoms with van der Waals surface area (Å²) < 4.78 is 5.09. The summed E-state index contributed by atoms with van der Waals surface area (Å²) in [5, 5.41) is 6.67. The first kappa shape index (κ1) is 18.7. The lowest BCUT2D eigenvalue weighted by Crippen LogP contribution is -2.44. The van der Waals surface area contributed by atoms with Crippen molar-refractivity contribution in [2.75, 3.05) is 14.2 Å². The second kappa shape index (κ2) is 9.03. The van der Waals surface area contributed by atoms with E-state index in [4.69, 9.17) is 4.74 Å². The van der Waals surface area contributed by atoms with Crippen LogP contribution in [0.5, 0.6) is 5.75 Å². The van der Waals surface area contributed by atoms with Crippen molar-refractivity contribution < 1.29 is 14.3 Å². The molecule has 0 aliphatic rings. The average molecular weight is 358 g/mol. The number of ether oxygens (including phenoxy) is 1. The van der Waals surface area contributed by atoms with Crippen LogP contribution in [0.1, 0.15) is 18.1 Å². The predicted molar refractivity (Wildman–Crippen MR) is 100 cm³/mol. The maximum atomic E-state index is 12.3. The molecule has 0 saturated carbocycles. The summed E-state index contributed by atoms with van der Waals surface area (Å²) in [5.41, 5.74) is 1.96. The number of hydrogen-bond donors (Lipinski definition) is 1. The number of carbonyl (C=O) groups excluding carboxylic acids is 2. The Bertz CT molecular complexity index is 724. The van der Waals surface area contributed by atoms with Crippen LogP contribution in [-0.4, -0.2) is 36.9 Å². The van der Waals surface area contributed by atoms with Crippen LogP contribution in [0.15, 0.2) is 47.2 Å². The van der Waals surface area contributed by atoms with E-state index in [-0.39, 0.29) is 11.8 Å². The van der Waals surface area contributed by atoms with Crippen molar-refractivity contribution in [3.05, 3.63) is 58.3 Å². The summed E-state index contributed by atoms with van der Waals surface area (Å²) in [5.74, 6) is 0.326. The largest absolute Gasteiger partial charge is 0.497 e. The maximum Gasteiger partial charge on any atom is 0.244 e. The molecule has 0 saturated heterocycles. The number of nitrogens with one attached hydrogen (secondary N) is 1. The highest BCUT2D eigenvalue weighted by atomic mass is 32.1. The van der Waals surface area contributed by atoms with Crippen molar-refractivity contribution in [3.63, 3.8) is 0 Å². The SMILES string of the molecule is COc1ccc(/C=C/C(=O)NC(C)C(=O)N(C)Cc2ccsc2)cc1. The highest BCUT2D eigenvalue weighted by Gasteiger charge is 2.18. The summed E-state index contributed by atoms with van der Waals surface area (Å²) >= 11 is 1.59. The van der Waals surface area contributed by atoms with Gasteiger partial charge >= 0.3 is 0 Å². The van der Waals surface area contributed by atoms with Gasteiger partial charge in [-0.2, -0.15) is 11.3 Å². The minimum Gasteiger partial charge on any atom is -0.497 e. The Morgan fingerprint density at radius 1 is 1.28 bits per heavy atom. The van der Waals surface area contributed by atoms with E-state index < -0.39 is 6.04 Å². The van der Waals surface area contributed by atoms with Gasteiger partial charge in [0.1, 0.15) is 11.8 Å². The van der Waals surface area contributed by atoms with E-state index in [1.54, 1.807) is 43.4 Å². The zero-order valence-electron chi connectivity index (χ0n) is 14.6. The van der Waals surface area contributed by atoms with Gasteiger partial charge < -0.3 is 15.0 Å². The summed E-state index contributed by atoms with van der Waals surface area (Å²) in [4.78, 5) is 25.9. The lowest BCUT2D eigenvalue weighted by Gasteiger charge is -2.21. The number of nitrogens with zero attached hydrogens (tertiary/aromatic N) is 1. The molecule has 1 atom stereocenters. The zero-order chi connectivity index (χ0) is 18.2. The Hall–Kier alpha value is -2.60. The van der Waals surface area contributed by atoms with E-state index in [0.29, 0.717) is 6.54 Å².